The number of benzene rings is 1. The first kappa shape index (κ1) is 17.1. The third kappa shape index (κ3) is 3.49. The predicted octanol–water partition coefficient (Wildman–Crippen LogP) is 4.27. The van der Waals surface area contributed by atoms with E-state index in [1.807, 2.05) is 55.6 Å². The molecule has 1 fully saturated rings. The van der Waals surface area contributed by atoms with Crippen LogP contribution in [0.3, 0.4) is 0 Å². The van der Waals surface area contributed by atoms with Gasteiger partial charge in [0, 0.05) is 5.39 Å². The number of hydrogen-bond donors (Lipinski definition) is 0. The lowest BCUT2D eigenvalue weighted by atomic mass is 10.1. The SMILES string of the molecule is CC1(C)OCC(COC(=O)c2cc(-c3cccs3)nc3ccccc23)O1. The Morgan fingerprint density at radius 3 is 2.88 bits per heavy atom. The summed E-state index contributed by atoms with van der Waals surface area (Å²) in [5.41, 5.74) is 2.05. The van der Waals surface area contributed by atoms with Gasteiger partial charge in [-0.3, -0.25) is 0 Å². The number of aromatic nitrogens is 1. The van der Waals surface area contributed by atoms with Gasteiger partial charge in [-0.15, -0.1) is 11.3 Å². The van der Waals surface area contributed by atoms with E-state index in [0.717, 1.165) is 21.5 Å². The van der Waals surface area contributed by atoms with Crippen molar-refractivity contribution in [2.24, 2.45) is 0 Å². The molecule has 6 heteroatoms. The predicted molar refractivity (Wildman–Crippen MR) is 100 cm³/mol. The zero-order valence-corrected chi connectivity index (χ0v) is 15.4. The van der Waals surface area contributed by atoms with Crippen molar-refractivity contribution in [1.29, 1.82) is 0 Å². The van der Waals surface area contributed by atoms with Crippen molar-refractivity contribution in [2.45, 2.75) is 25.7 Å². The van der Waals surface area contributed by atoms with Crippen LogP contribution in [0, 0.1) is 0 Å². The average Bonchev–Trinajstić information content (AvgIpc) is 3.28. The van der Waals surface area contributed by atoms with Crippen molar-refractivity contribution >= 4 is 28.2 Å². The monoisotopic (exact) mass is 369 g/mol. The Hall–Kier alpha value is -2.28. The molecule has 1 unspecified atom stereocenters. The highest BCUT2D eigenvalue weighted by molar-refractivity contribution is 7.13. The lowest BCUT2D eigenvalue weighted by Crippen LogP contribution is -2.25. The Morgan fingerprint density at radius 1 is 1.31 bits per heavy atom. The number of fused-ring (bicyclic) bond motifs is 1. The maximum Gasteiger partial charge on any atom is 0.338 e. The minimum absolute atomic E-state index is 0.160. The van der Waals surface area contributed by atoms with E-state index in [9.17, 15) is 4.79 Å². The van der Waals surface area contributed by atoms with Gasteiger partial charge in [0.2, 0.25) is 0 Å². The van der Waals surface area contributed by atoms with Gasteiger partial charge in [0.25, 0.3) is 0 Å². The first-order valence-electron chi connectivity index (χ1n) is 8.44. The van der Waals surface area contributed by atoms with Crippen molar-refractivity contribution < 1.29 is 19.0 Å². The summed E-state index contributed by atoms with van der Waals surface area (Å²) in [6, 6.07) is 13.3. The molecule has 0 saturated carbocycles. The number of para-hydroxylation sites is 1. The van der Waals surface area contributed by atoms with Crippen LogP contribution < -0.4 is 0 Å². The van der Waals surface area contributed by atoms with Gasteiger partial charge >= 0.3 is 5.97 Å². The summed E-state index contributed by atoms with van der Waals surface area (Å²) in [7, 11) is 0. The summed E-state index contributed by atoms with van der Waals surface area (Å²) in [6.45, 7) is 4.27. The number of nitrogens with zero attached hydrogens (tertiary/aromatic N) is 1. The topological polar surface area (TPSA) is 57.7 Å². The fourth-order valence-corrected chi connectivity index (χ4v) is 3.67. The Kier molecular flexibility index (Phi) is 4.48. The average molecular weight is 369 g/mol. The van der Waals surface area contributed by atoms with E-state index in [2.05, 4.69) is 4.98 Å². The standard InChI is InChI=1S/C20H19NO4S/c1-20(2)24-12-13(25-20)11-23-19(22)15-10-17(18-8-5-9-26-18)21-16-7-4-3-6-14(15)16/h3-10,13H,11-12H2,1-2H3. The number of esters is 1. The highest BCUT2D eigenvalue weighted by atomic mass is 32.1. The molecule has 0 spiro atoms. The molecule has 3 aromatic rings. The third-order valence-corrected chi connectivity index (χ3v) is 5.07. The molecule has 1 saturated heterocycles. The molecule has 0 aliphatic carbocycles. The maximum atomic E-state index is 12.8. The molecule has 1 aliphatic rings. The van der Waals surface area contributed by atoms with E-state index in [-0.39, 0.29) is 18.7 Å². The molecule has 1 aromatic carbocycles. The molecule has 1 aliphatic heterocycles. The first-order valence-corrected chi connectivity index (χ1v) is 9.32. The zero-order chi connectivity index (χ0) is 18.1. The normalized spacial score (nSPS) is 18.9. The Labute approximate surface area is 155 Å². The lowest BCUT2D eigenvalue weighted by Gasteiger charge is -2.17. The largest absolute Gasteiger partial charge is 0.459 e. The minimum Gasteiger partial charge on any atom is -0.459 e. The zero-order valence-electron chi connectivity index (χ0n) is 14.6. The van der Waals surface area contributed by atoms with Gasteiger partial charge in [-0.05, 0) is 37.4 Å². The van der Waals surface area contributed by atoms with Crippen molar-refractivity contribution in [3.63, 3.8) is 0 Å². The van der Waals surface area contributed by atoms with Gasteiger partial charge in [-0.2, -0.15) is 0 Å². The summed E-state index contributed by atoms with van der Waals surface area (Å²) in [6.07, 6.45) is -0.251. The summed E-state index contributed by atoms with van der Waals surface area (Å²) in [4.78, 5) is 18.4. The number of ether oxygens (including phenoxy) is 3. The van der Waals surface area contributed by atoms with E-state index >= 15 is 0 Å². The summed E-state index contributed by atoms with van der Waals surface area (Å²) in [5, 5.41) is 2.77. The van der Waals surface area contributed by atoms with Gasteiger partial charge < -0.3 is 14.2 Å². The number of thiophene rings is 1. The van der Waals surface area contributed by atoms with E-state index in [1.165, 1.54) is 0 Å². The van der Waals surface area contributed by atoms with Crippen molar-refractivity contribution in [1.82, 2.24) is 4.98 Å². The first-order chi connectivity index (χ1) is 12.5. The van der Waals surface area contributed by atoms with Crippen LogP contribution in [-0.4, -0.2) is 36.1 Å². The van der Waals surface area contributed by atoms with Crippen LogP contribution in [0.5, 0.6) is 0 Å². The number of rotatable bonds is 4. The molecule has 26 heavy (non-hydrogen) atoms. The molecule has 5 nitrogen and oxygen atoms in total. The van der Waals surface area contributed by atoms with Gasteiger partial charge in [-0.25, -0.2) is 9.78 Å². The van der Waals surface area contributed by atoms with Gasteiger partial charge in [-0.1, -0.05) is 24.3 Å². The molecular formula is C20H19NO4S. The van der Waals surface area contributed by atoms with E-state index < -0.39 is 5.79 Å². The summed E-state index contributed by atoms with van der Waals surface area (Å²) in [5.74, 6) is -1.01. The molecule has 0 radical (unpaired) electrons. The number of carbonyl (C=O) groups excluding carboxylic acids is 1. The quantitative estimate of drug-likeness (QED) is 0.643. The van der Waals surface area contributed by atoms with Crippen molar-refractivity contribution in [3.05, 3.63) is 53.4 Å². The molecule has 134 valence electrons. The van der Waals surface area contributed by atoms with Crippen LogP contribution in [0.1, 0.15) is 24.2 Å². The molecule has 2 aromatic heterocycles. The molecule has 0 amide bonds. The molecule has 0 N–H and O–H groups in total. The fraction of sp³-hybridized carbons (Fsp3) is 0.300. The summed E-state index contributed by atoms with van der Waals surface area (Å²) < 4.78 is 16.7. The molecular weight excluding hydrogens is 350 g/mol. The fourth-order valence-electron chi connectivity index (χ4n) is 2.99. The van der Waals surface area contributed by atoms with Crippen LogP contribution in [-0.2, 0) is 14.2 Å². The number of carbonyl (C=O) groups is 1. The van der Waals surface area contributed by atoms with Gasteiger partial charge in [0.05, 0.1) is 28.3 Å². The highest BCUT2D eigenvalue weighted by Gasteiger charge is 2.33. The van der Waals surface area contributed by atoms with Crippen LogP contribution in [0.15, 0.2) is 47.8 Å². The maximum absolute atomic E-state index is 12.8. The van der Waals surface area contributed by atoms with E-state index in [4.69, 9.17) is 14.2 Å². The Morgan fingerprint density at radius 2 is 2.15 bits per heavy atom. The highest BCUT2D eigenvalue weighted by Crippen LogP contribution is 2.28. The number of hydrogen-bond acceptors (Lipinski definition) is 6. The van der Waals surface area contributed by atoms with Crippen molar-refractivity contribution in [3.8, 4) is 10.6 Å². The van der Waals surface area contributed by atoms with E-state index in [0.29, 0.717) is 12.2 Å². The van der Waals surface area contributed by atoms with Crippen LogP contribution >= 0.6 is 11.3 Å². The summed E-state index contributed by atoms with van der Waals surface area (Å²) >= 11 is 1.59. The Balaban J connectivity index is 1.61. The lowest BCUT2D eigenvalue weighted by molar-refractivity contribution is -0.142. The van der Waals surface area contributed by atoms with E-state index in [1.54, 1.807) is 17.4 Å². The van der Waals surface area contributed by atoms with Crippen LogP contribution in [0.4, 0.5) is 0 Å². The molecule has 1 atom stereocenters. The van der Waals surface area contributed by atoms with Gasteiger partial charge in [0.1, 0.15) is 12.7 Å². The second kappa shape index (κ2) is 6.79. The third-order valence-electron chi connectivity index (χ3n) is 4.18. The smallest absolute Gasteiger partial charge is 0.338 e. The second-order valence-corrected chi connectivity index (χ2v) is 7.55. The Bertz CT molecular complexity index is 936. The van der Waals surface area contributed by atoms with Crippen LogP contribution in [0.25, 0.3) is 21.5 Å². The molecule has 0 bridgehead atoms. The minimum atomic E-state index is -0.632. The second-order valence-electron chi connectivity index (χ2n) is 6.60. The van der Waals surface area contributed by atoms with Crippen LogP contribution in [0.2, 0.25) is 0 Å². The molecule has 4 rings (SSSR count). The van der Waals surface area contributed by atoms with Crippen molar-refractivity contribution in [2.75, 3.05) is 13.2 Å². The number of pyridine rings is 1. The molecule has 3 heterocycles. The van der Waals surface area contributed by atoms with Gasteiger partial charge in [0.15, 0.2) is 5.79 Å².